The van der Waals surface area contributed by atoms with E-state index in [0.29, 0.717) is 27.8 Å². The lowest BCUT2D eigenvalue weighted by molar-refractivity contribution is -0.135. The Morgan fingerprint density at radius 1 is 1.40 bits per heavy atom. The van der Waals surface area contributed by atoms with Crippen molar-refractivity contribution < 1.29 is 9.53 Å². The van der Waals surface area contributed by atoms with E-state index in [1.807, 2.05) is 19.1 Å². The first-order valence-electron chi connectivity index (χ1n) is 6.26. The predicted molar refractivity (Wildman–Crippen MR) is 82.6 cm³/mol. The minimum absolute atomic E-state index is 0.0912. The first-order valence-corrected chi connectivity index (χ1v) is 7.02. The molecule has 2 rings (SSSR count). The molecular formula is C15H15Cl2NO2. The molecule has 5 heteroatoms. The zero-order valence-electron chi connectivity index (χ0n) is 11.5. The van der Waals surface area contributed by atoms with Gasteiger partial charge in [0, 0.05) is 5.71 Å². The van der Waals surface area contributed by atoms with Crippen LogP contribution in [0.5, 0.6) is 0 Å². The van der Waals surface area contributed by atoms with Gasteiger partial charge in [0.1, 0.15) is 0 Å². The molecule has 1 atom stereocenters. The molecule has 0 aromatic heterocycles. The van der Waals surface area contributed by atoms with Gasteiger partial charge in [-0.05, 0) is 37.5 Å². The second kappa shape index (κ2) is 5.98. The summed E-state index contributed by atoms with van der Waals surface area (Å²) in [5.74, 6) is -0.399. The molecule has 1 aliphatic rings. The maximum Gasteiger partial charge on any atom is 0.339 e. The highest BCUT2D eigenvalue weighted by Crippen LogP contribution is 2.37. The lowest BCUT2D eigenvalue weighted by Crippen LogP contribution is -2.21. The summed E-state index contributed by atoms with van der Waals surface area (Å²) < 4.78 is 4.86. The van der Waals surface area contributed by atoms with Crippen molar-refractivity contribution in [1.29, 1.82) is 0 Å². The van der Waals surface area contributed by atoms with E-state index in [2.05, 4.69) is 4.99 Å². The van der Waals surface area contributed by atoms with E-state index >= 15 is 0 Å². The van der Waals surface area contributed by atoms with E-state index in [4.69, 9.17) is 27.9 Å². The number of carbonyl (C=O) groups excluding carboxylic acids is 1. The van der Waals surface area contributed by atoms with Gasteiger partial charge >= 0.3 is 5.97 Å². The zero-order valence-corrected chi connectivity index (χ0v) is 13.0. The Hall–Kier alpha value is -1.32. The Morgan fingerprint density at radius 3 is 2.75 bits per heavy atom. The van der Waals surface area contributed by atoms with Crippen molar-refractivity contribution in [2.45, 2.75) is 26.3 Å². The van der Waals surface area contributed by atoms with Gasteiger partial charge in [0.15, 0.2) is 0 Å². The predicted octanol–water partition coefficient (Wildman–Crippen LogP) is 4.17. The normalized spacial score (nSPS) is 18.9. The monoisotopic (exact) mass is 311 g/mol. The van der Waals surface area contributed by atoms with Crippen molar-refractivity contribution in [3.05, 3.63) is 39.4 Å². The zero-order chi connectivity index (χ0) is 14.9. The van der Waals surface area contributed by atoms with Gasteiger partial charge in [0.25, 0.3) is 0 Å². The highest BCUT2D eigenvalue weighted by Gasteiger charge is 2.27. The van der Waals surface area contributed by atoms with E-state index in [1.165, 1.54) is 7.11 Å². The van der Waals surface area contributed by atoms with Crippen molar-refractivity contribution >= 4 is 40.5 Å². The van der Waals surface area contributed by atoms with Gasteiger partial charge < -0.3 is 4.74 Å². The number of esters is 1. The second-order valence-corrected chi connectivity index (χ2v) is 5.50. The van der Waals surface area contributed by atoms with Crippen LogP contribution in [0.25, 0.3) is 5.57 Å². The molecule has 1 unspecified atom stereocenters. The fraction of sp³-hybridized carbons (Fsp3) is 0.333. The van der Waals surface area contributed by atoms with E-state index in [-0.39, 0.29) is 6.04 Å². The summed E-state index contributed by atoms with van der Waals surface area (Å²) in [5, 5.41) is 0.918. The van der Waals surface area contributed by atoms with Crippen LogP contribution >= 0.6 is 23.2 Å². The summed E-state index contributed by atoms with van der Waals surface area (Å²) in [6, 6.07) is 5.49. The molecule has 1 heterocycles. The largest absolute Gasteiger partial charge is 0.465 e. The summed E-state index contributed by atoms with van der Waals surface area (Å²) in [7, 11) is 1.36. The van der Waals surface area contributed by atoms with Crippen LogP contribution in [-0.2, 0) is 9.53 Å². The summed E-state index contributed by atoms with van der Waals surface area (Å²) in [5.41, 5.74) is 2.75. The first-order chi connectivity index (χ1) is 9.45. The van der Waals surface area contributed by atoms with Crippen LogP contribution < -0.4 is 0 Å². The molecule has 1 aromatic rings. The minimum Gasteiger partial charge on any atom is -0.465 e. The van der Waals surface area contributed by atoms with E-state index in [0.717, 1.165) is 11.1 Å². The number of methoxy groups -OCH3 is 1. The summed E-state index contributed by atoms with van der Waals surface area (Å²) in [6.45, 7) is 3.80. The van der Waals surface area contributed by atoms with Gasteiger partial charge in [0.05, 0.1) is 28.8 Å². The first kappa shape index (κ1) is 15.1. The average molecular weight is 312 g/mol. The van der Waals surface area contributed by atoms with Gasteiger partial charge in [-0.25, -0.2) is 4.79 Å². The molecule has 20 heavy (non-hydrogen) atoms. The third-order valence-corrected chi connectivity index (χ3v) is 4.06. The smallest absolute Gasteiger partial charge is 0.339 e. The molecule has 0 saturated heterocycles. The molecule has 0 saturated carbocycles. The van der Waals surface area contributed by atoms with E-state index in [9.17, 15) is 4.79 Å². The van der Waals surface area contributed by atoms with Crippen molar-refractivity contribution in [3.63, 3.8) is 0 Å². The molecule has 1 aromatic carbocycles. The third kappa shape index (κ3) is 2.74. The van der Waals surface area contributed by atoms with Crippen LogP contribution in [0.3, 0.4) is 0 Å². The van der Waals surface area contributed by atoms with Crippen LogP contribution in [-0.4, -0.2) is 24.8 Å². The fourth-order valence-corrected chi connectivity index (χ4v) is 2.83. The number of dihydropyridines is 1. The van der Waals surface area contributed by atoms with Gasteiger partial charge in [-0.2, -0.15) is 0 Å². The Kier molecular flexibility index (Phi) is 4.51. The Morgan fingerprint density at radius 2 is 2.10 bits per heavy atom. The van der Waals surface area contributed by atoms with Crippen molar-refractivity contribution in [1.82, 2.24) is 0 Å². The quantitative estimate of drug-likeness (QED) is 0.769. The number of ether oxygens (including phenoxy) is 1. The third-order valence-electron chi connectivity index (χ3n) is 3.24. The second-order valence-electron chi connectivity index (χ2n) is 4.71. The maximum atomic E-state index is 12.0. The van der Waals surface area contributed by atoms with Crippen LogP contribution in [0.1, 0.15) is 25.8 Å². The lowest BCUT2D eigenvalue weighted by Gasteiger charge is -2.23. The van der Waals surface area contributed by atoms with E-state index in [1.54, 1.807) is 13.0 Å². The van der Waals surface area contributed by atoms with Crippen LogP contribution in [0, 0.1) is 0 Å². The van der Waals surface area contributed by atoms with Crippen molar-refractivity contribution in [2.24, 2.45) is 4.99 Å². The number of hydrogen-bond donors (Lipinski definition) is 0. The molecular weight excluding hydrogens is 297 g/mol. The molecule has 0 bridgehead atoms. The molecule has 1 aliphatic heterocycles. The number of nitrogens with zero attached hydrogens (tertiary/aromatic N) is 1. The van der Waals surface area contributed by atoms with Crippen LogP contribution in [0.2, 0.25) is 10.0 Å². The summed E-state index contributed by atoms with van der Waals surface area (Å²) >= 11 is 12.3. The van der Waals surface area contributed by atoms with Crippen LogP contribution in [0.15, 0.2) is 28.8 Å². The molecule has 0 fully saturated rings. The molecule has 0 spiro atoms. The molecule has 0 N–H and O–H groups in total. The molecule has 0 aliphatic carbocycles. The number of aliphatic imine (C=N–C) groups is 1. The number of benzene rings is 1. The summed E-state index contributed by atoms with van der Waals surface area (Å²) in [6.07, 6.45) is 0.627. The number of hydrogen-bond acceptors (Lipinski definition) is 3. The van der Waals surface area contributed by atoms with E-state index < -0.39 is 5.97 Å². The number of halogens is 2. The molecule has 3 nitrogen and oxygen atoms in total. The number of rotatable bonds is 2. The minimum atomic E-state index is -0.399. The number of carbonyl (C=O) groups is 1. The fourth-order valence-electron chi connectivity index (χ4n) is 2.41. The van der Waals surface area contributed by atoms with Gasteiger partial charge in [0.2, 0.25) is 0 Å². The Bertz CT molecular complexity index is 620. The topological polar surface area (TPSA) is 38.7 Å². The highest BCUT2D eigenvalue weighted by molar-refractivity contribution is 6.43. The van der Waals surface area contributed by atoms with Gasteiger partial charge in [-0.1, -0.05) is 35.3 Å². The molecule has 0 amide bonds. The van der Waals surface area contributed by atoms with Crippen molar-refractivity contribution in [3.8, 4) is 0 Å². The standard InChI is InChI=1S/C15H15Cl2NO2/c1-8-7-11(10-5-4-6-12(16)14(10)17)13(9(2)18-8)15(19)20-3/h4-6,8H,7H2,1-3H3. The van der Waals surface area contributed by atoms with Gasteiger partial charge in [-0.3, -0.25) is 4.99 Å². The Balaban J connectivity index is 2.67. The van der Waals surface area contributed by atoms with Crippen LogP contribution in [0.4, 0.5) is 0 Å². The van der Waals surface area contributed by atoms with Gasteiger partial charge in [-0.15, -0.1) is 0 Å². The average Bonchev–Trinajstić information content (AvgIpc) is 2.40. The summed E-state index contributed by atoms with van der Waals surface area (Å²) in [4.78, 5) is 16.5. The Labute approximate surface area is 128 Å². The van der Waals surface area contributed by atoms with Crippen molar-refractivity contribution in [2.75, 3.05) is 7.11 Å². The molecule has 106 valence electrons. The highest BCUT2D eigenvalue weighted by atomic mass is 35.5. The molecule has 0 radical (unpaired) electrons. The SMILES string of the molecule is COC(=O)C1=C(c2cccc(Cl)c2Cl)CC(C)N=C1C. The lowest BCUT2D eigenvalue weighted by atomic mass is 9.89. The maximum absolute atomic E-state index is 12.0.